The molecule has 0 spiro atoms. The molecule has 0 radical (unpaired) electrons. The fraction of sp³-hybridized carbons (Fsp3) is 0.269. The Balaban J connectivity index is 1.83. The first-order chi connectivity index (χ1) is 15.8. The number of hydrogen-bond acceptors (Lipinski definition) is 4. The van der Waals surface area contributed by atoms with E-state index in [4.69, 9.17) is 0 Å². The first-order valence-corrected chi connectivity index (χ1v) is 10.9. The second kappa shape index (κ2) is 9.58. The molecule has 0 saturated heterocycles. The van der Waals surface area contributed by atoms with Crippen LogP contribution in [0.5, 0.6) is 0 Å². The van der Waals surface area contributed by atoms with E-state index in [0.717, 1.165) is 16.7 Å². The monoisotopic (exact) mass is 447 g/mol. The van der Waals surface area contributed by atoms with E-state index in [1.54, 1.807) is 24.3 Å². The van der Waals surface area contributed by atoms with Gasteiger partial charge in [0.05, 0.1) is 11.6 Å². The molecule has 1 aromatic heterocycles. The van der Waals surface area contributed by atoms with Crippen LogP contribution in [0.2, 0.25) is 0 Å². The van der Waals surface area contributed by atoms with Gasteiger partial charge in [-0.2, -0.15) is 0 Å². The molecule has 0 saturated carbocycles. The summed E-state index contributed by atoms with van der Waals surface area (Å²) in [6.07, 6.45) is 0. The van der Waals surface area contributed by atoms with Crippen LogP contribution < -0.4 is 0 Å². The molecule has 4 rings (SSSR count). The van der Waals surface area contributed by atoms with Crippen molar-refractivity contribution in [1.29, 1.82) is 0 Å². The average Bonchev–Trinajstić information content (AvgIpc) is 3.28. The van der Waals surface area contributed by atoms with Gasteiger partial charge in [0, 0.05) is 13.1 Å². The first kappa shape index (κ1) is 22.7. The second-order valence-electron chi connectivity index (χ2n) is 9.09. The molecule has 0 N–H and O–H groups in total. The minimum Gasteiger partial charge on any atom is -0.281 e. The third kappa shape index (κ3) is 5.49. The number of hydrogen-bond donors (Lipinski definition) is 0. The topological polar surface area (TPSA) is 46.8 Å². The largest absolute Gasteiger partial charge is 0.281 e. The summed E-state index contributed by atoms with van der Waals surface area (Å²) >= 11 is 0. The zero-order chi connectivity index (χ0) is 23.4. The smallest absolute Gasteiger partial charge is 0.173 e. The standard InChI is InChI=1S/C26H27F2N5/c1-26(2,3)33-25(29-30-31-33)24(21-11-15-23(28)16-12-21)32(17-19-7-5-4-6-8-19)18-20-9-13-22(27)14-10-20/h4-16,24H,17-18H2,1-3H3. The minimum absolute atomic E-state index is 0.278. The van der Waals surface area contributed by atoms with Gasteiger partial charge in [0.2, 0.25) is 0 Å². The summed E-state index contributed by atoms with van der Waals surface area (Å²) in [5, 5.41) is 12.6. The molecule has 33 heavy (non-hydrogen) atoms. The van der Waals surface area contributed by atoms with Crippen molar-refractivity contribution in [2.24, 2.45) is 0 Å². The van der Waals surface area contributed by atoms with Gasteiger partial charge >= 0.3 is 0 Å². The molecule has 0 amide bonds. The van der Waals surface area contributed by atoms with Gasteiger partial charge in [0.25, 0.3) is 0 Å². The number of tetrazole rings is 1. The van der Waals surface area contributed by atoms with Crippen molar-refractivity contribution in [2.45, 2.75) is 45.4 Å². The number of benzene rings is 3. The highest BCUT2D eigenvalue weighted by Gasteiger charge is 2.31. The van der Waals surface area contributed by atoms with Gasteiger partial charge in [-0.05, 0) is 72.2 Å². The van der Waals surface area contributed by atoms with Crippen LogP contribution in [0, 0.1) is 11.6 Å². The molecular weight excluding hydrogens is 420 g/mol. The highest BCUT2D eigenvalue weighted by Crippen LogP contribution is 2.32. The molecule has 0 aliphatic rings. The van der Waals surface area contributed by atoms with Crippen LogP contribution in [0.25, 0.3) is 0 Å². The van der Waals surface area contributed by atoms with E-state index in [0.29, 0.717) is 18.9 Å². The summed E-state index contributed by atoms with van der Waals surface area (Å²) in [5.74, 6) is 0.0772. The summed E-state index contributed by atoms with van der Waals surface area (Å²) in [7, 11) is 0. The van der Waals surface area contributed by atoms with Crippen LogP contribution >= 0.6 is 0 Å². The number of rotatable bonds is 7. The van der Waals surface area contributed by atoms with Crippen molar-refractivity contribution < 1.29 is 8.78 Å². The van der Waals surface area contributed by atoms with Crippen LogP contribution in [-0.4, -0.2) is 25.1 Å². The maximum atomic E-state index is 13.8. The Bertz CT molecular complexity index is 1170. The third-order valence-electron chi connectivity index (χ3n) is 5.45. The summed E-state index contributed by atoms with van der Waals surface area (Å²) in [4.78, 5) is 2.23. The SMILES string of the molecule is CC(C)(C)n1nnnc1C(c1ccc(F)cc1)N(Cc1ccccc1)Cc1ccc(F)cc1. The maximum Gasteiger partial charge on any atom is 0.173 e. The van der Waals surface area contributed by atoms with E-state index in [2.05, 4.69) is 32.6 Å². The van der Waals surface area contributed by atoms with Crippen molar-refractivity contribution >= 4 is 0 Å². The lowest BCUT2D eigenvalue weighted by Crippen LogP contribution is -2.34. The highest BCUT2D eigenvalue weighted by atomic mass is 19.1. The molecule has 4 aromatic rings. The molecule has 7 heteroatoms. The summed E-state index contributed by atoms with van der Waals surface area (Å²) in [6, 6.07) is 22.7. The lowest BCUT2D eigenvalue weighted by atomic mass is 10.0. The Morgan fingerprint density at radius 1 is 0.788 bits per heavy atom. The number of halogens is 2. The maximum absolute atomic E-state index is 13.8. The fourth-order valence-electron chi connectivity index (χ4n) is 3.89. The average molecular weight is 448 g/mol. The minimum atomic E-state index is -0.356. The van der Waals surface area contributed by atoms with Gasteiger partial charge in [-0.15, -0.1) is 5.10 Å². The zero-order valence-corrected chi connectivity index (χ0v) is 19.0. The van der Waals surface area contributed by atoms with Crippen LogP contribution in [0.4, 0.5) is 8.78 Å². The van der Waals surface area contributed by atoms with Crippen molar-refractivity contribution in [3.8, 4) is 0 Å². The molecule has 170 valence electrons. The Kier molecular flexibility index (Phi) is 6.60. The van der Waals surface area contributed by atoms with Crippen LogP contribution in [-0.2, 0) is 18.6 Å². The van der Waals surface area contributed by atoms with Crippen molar-refractivity contribution in [3.63, 3.8) is 0 Å². The summed E-state index contributed by atoms with van der Waals surface area (Å²) < 4.78 is 29.2. The van der Waals surface area contributed by atoms with Gasteiger partial charge in [-0.1, -0.05) is 54.6 Å². The van der Waals surface area contributed by atoms with Crippen molar-refractivity contribution in [1.82, 2.24) is 25.1 Å². The van der Waals surface area contributed by atoms with Gasteiger partial charge in [0.15, 0.2) is 5.82 Å². The number of aromatic nitrogens is 4. The Hall–Kier alpha value is -3.45. The van der Waals surface area contributed by atoms with Gasteiger partial charge in [-0.25, -0.2) is 13.5 Å². The normalized spacial score (nSPS) is 12.8. The molecule has 0 fully saturated rings. The Morgan fingerprint density at radius 2 is 1.33 bits per heavy atom. The molecule has 0 bridgehead atoms. The van der Waals surface area contributed by atoms with Crippen molar-refractivity contribution in [2.75, 3.05) is 0 Å². The Morgan fingerprint density at radius 3 is 1.91 bits per heavy atom. The Labute approximate surface area is 192 Å². The predicted octanol–water partition coefficient (Wildman–Crippen LogP) is 5.50. The van der Waals surface area contributed by atoms with Gasteiger partial charge < -0.3 is 0 Å². The molecular formula is C26H27F2N5. The third-order valence-corrected chi connectivity index (χ3v) is 5.45. The molecule has 0 aliphatic carbocycles. The lowest BCUT2D eigenvalue weighted by molar-refractivity contribution is 0.185. The lowest BCUT2D eigenvalue weighted by Gasteiger charge is -2.33. The predicted molar refractivity (Wildman–Crippen MR) is 123 cm³/mol. The van der Waals surface area contributed by atoms with Crippen LogP contribution in [0.15, 0.2) is 78.9 Å². The van der Waals surface area contributed by atoms with Crippen molar-refractivity contribution in [3.05, 3.63) is 113 Å². The molecule has 5 nitrogen and oxygen atoms in total. The molecule has 0 aliphatic heterocycles. The van der Waals surface area contributed by atoms with Crippen LogP contribution in [0.3, 0.4) is 0 Å². The van der Waals surface area contributed by atoms with E-state index in [-0.39, 0.29) is 23.2 Å². The van der Waals surface area contributed by atoms with E-state index in [1.807, 2.05) is 43.7 Å². The van der Waals surface area contributed by atoms with Gasteiger partial charge in [-0.3, -0.25) is 4.90 Å². The van der Waals surface area contributed by atoms with E-state index >= 15 is 0 Å². The second-order valence-corrected chi connectivity index (χ2v) is 9.09. The van der Waals surface area contributed by atoms with E-state index in [1.165, 1.54) is 24.3 Å². The fourth-order valence-corrected chi connectivity index (χ4v) is 3.89. The molecule has 3 aromatic carbocycles. The highest BCUT2D eigenvalue weighted by molar-refractivity contribution is 5.27. The van der Waals surface area contributed by atoms with E-state index < -0.39 is 0 Å². The zero-order valence-electron chi connectivity index (χ0n) is 19.0. The molecule has 1 atom stereocenters. The van der Waals surface area contributed by atoms with Gasteiger partial charge in [0.1, 0.15) is 11.6 Å². The number of nitrogens with zero attached hydrogens (tertiary/aromatic N) is 5. The summed E-state index contributed by atoms with van der Waals surface area (Å²) in [6.45, 7) is 7.23. The first-order valence-electron chi connectivity index (χ1n) is 10.9. The summed E-state index contributed by atoms with van der Waals surface area (Å²) in [5.41, 5.74) is 2.58. The van der Waals surface area contributed by atoms with E-state index in [9.17, 15) is 8.78 Å². The van der Waals surface area contributed by atoms with Crippen LogP contribution in [0.1, 0.15) is 49.3 Å². The molecule has 1 unspecified atom stereocenters. The quantitative estimate of drug-likeness (QED) is 0.375. The molecule has 1 heterocycles.